The van der Waals surface area contributed by atoms with Crippen LogP contribution in [0.4, 0.5) is 5.82 Å². The minimum Gasteiger partial charge on any atom is -0.377 e. The van der Waals surface area contributed by atoms with Gasteiger partial charge in [-0.05, 0) is 43.3 Å². The molecule has 6 heterocycles. The second kappa shape index (κ2) is 8.38. The summed E-state index contributed by atoms with van der Waals surface area (Å²) in [7, 11) is 0. The third kappa shape index (κ3) is 3.67. The van der Waals surface area contributed by atoms with E-state index in [0.29, 0.717) is 19.0 Å². The van der Waals surface area contributed by atoms with Crippen LogP contribution in [0.25, 0.3) is 44.8 Å². The lowest BCUT2D eigenvalue weighted by molar-refractivity contribution is 0.0987. The van der Waals surface area contributed by atoms with Crippen LogP contribution in [0.5, 0.6) is 0 Å². The van der Waals surface area contributed by atoms with Crippen LogP contribution in [-0.2, 0) is 4.74 Å². The topological polar surface area (TPSA) is 79.8 Å². The standard InChI is InChI=1S/C25H22N6OS/c1-16-14-32-13-12-31(16)25-22-21(17(15-33-22)5-6-18-4-2-3-9-26-18)29-24(30-25)20-8-11-28-23-19(20)7-10-27-23/h2-11,15-16H,12-14H2,1H3,(H,27,28)/b6-5+/t16-/m1/s1. The van der Waals surface area contributed by atoms with Gasteiger partial charge in [0.25, 0.3) is 0 Å². The number of anilines is 1. The van der Waals surface area contributed by atoms with Gasteiger partial charge in [0.2, 0.25) is 0 Å². The predicted molar refractivity (Wildman–Crippen MR) is 133 cm³/mol. The Morgan fingerprint density at radius 2 is 2.09 bits per heavy atom. The molecule has 5 aromatic rings. The molecule has 0 unspecified atom stereocenters. The molecule has 0 radical (unpaired) electrons. The predicted octanol–water partition coefficient (Wildman–Crippen LogP) is 5.03. The Kier molecular flexibility index (Phi) is 5.09. The van der Waals surface area contributed by atoms with Gasteiger partial charge in [0.1, 0.15) is 5.65 Å². The molecule has 1 aliphatic heterocycles. The number of hydrogen-bond donors (Lipinski definition) is 1. The third-order valence-electron chi connectivity index (χ3n) is 5.89. The van der Waals surface area contributed by atoms with Crippen LogP contribution in [0.1, 0.15) is 18.2 Å². The molecule has 0 amide bonds. The Bertz CT molecular complexity index is 1460. The number of pyridine rings is 2. The van der Waals surface area contributed by atoms with Gasteiger partial charge >= 0.3 is 0 Å². The molecule has 7 nitrogen and oxygen atoms in total. The highest BCUT2D eigenvalue weighted by Crippen LogP contribution is 2.37. The zero-order chi connectivity index (χ0) is 22.2. The van der Waals surface area contributed by atoms with Gasteiger partial charge in [-0.15, -0.1) is 11.3 Å². The van der Waals surface area contributed by atoms with Crippen molar-refractivity contribution in [1.29, 1.82) is 0 Å². The number of nitrogens with one attached hydrogen (secondary N) is 1. The van der Waals surface area contributed by atoms with E-state index in [1.54, 1.807) is 23.7 Å². The summed E-state index contributed by atoms with van der Waals surface area (Å²) in [6.07, 6.45) is 9.61. The number of thiophene rings is 1. The number of aromatic amines is 1. The highest BCUT2D eigenvalue weighted by atomic mass is 32.1. The first-order valence-electron chi connectivity index (χ1n) is 10.9. The van der Waals surface area contributed by atoms with Crippen LogP contribution in [-0.4, -0.2) is 50.7 Å². The molecule has 1 atom stereocenters. The van der Waals surface area contributed by atoms with Crippen molar-refractivity contribution < 1.29 is 4.74 Å². The normalized spacial score (nSPS) is 16.9. The highest BCUT2D eigenvalue weighted by Gasteiger charge is 2.25. The summed E-state index contributed by atoms with van der Waals surface area (Å²) in [4.78, 5) is 24.5. The van der Waals surface area contributed by atoms with E-state index in [4.69, 9.17) is 14.7 Å². The highest BCUT2D eigenvalue weighted by molar-refractivity contribution is 7.18. The monoisotopic (exact) mass is 454 g/mol. The minimum atomic E-state index is 0.240. The first-order chi connectivity index (χ1) is 16.3. The van der Waals surface area contributed by atoms with Crippen molar-refractivity contribution in [3.8, 4) is 11.4 Å². The maximum atomic E-state index is 5.69. The molecule has 0 aromatic carbocycles. The average Bonchev–Trinajstić information content (AvgIpc) is 3.50. The first-order valence-corrected chi connectivity index (χ1v) is 11.8. The van der Waals surface area contributed by atoms with Gasteiger partial charge in [0, 0.05) is 47.0 Å². The fraction of sp³-hybridized carbons (Fsp3) is 0.200. The van der Waals surface area contributed by atoms with E-state index >= 15 is 0 Å². The van der Waals surface area contributed by atoms with E-state index in [1.807, 2.05) is 42.6 Å². The van der Waals surface area contributed by atoms with Gasteiger partial charge in [0.15, 0.2) is 11.6 Å². The molecule has 33 heavy (non-hydrogen) atoms. The van der Waals surface area contributed by atoms with Crippen LogP contribution >= 0.6 is 11.3 Å². The first kappa shape index (κ1) is 20.0. The lowest BCUT2D eigenvalue weighted by Gasteiger charge is -2.34. The van der Waals surface area contributed by atoms with E-state index in [-0.39, 0.29) is 6.04 Å². The Morgan fingerprint density at radius 1 is 1.12 bits per heavy atom. The molecule has 164 valence electrons. The second-order valence-corrected chi connectivity index (χ2v) is 8.92. The summed E-state index contributed by atoms with van der Waals surface area (Å²) in [5, 5.41) is 3.16. The van der Waals surface area contributed by atoms with E-state index in [9.17, 15) is 0 Å². The van der Waals surface area contributed by atoms with Crippen molar-refractivity contribution in [2.24, 2.45) is 0 Å². The number of fused-ring (bicyclic) bond motifs is 2. The SMILES string of the molecule is C[C@@H]1COCCN1c1nc(-c2ccnc3[nH]ccc23)nc2c(/C=C/c3ccccn3)csc12. The number of aromatic nitrogens is 5. The van der Waals surface area contributed by atoms with Crippen LogP contribution in [0, 0.1) is 0 Å². The van der Waals surface area contributed by atoms with Gasteiger partial charge in [-0.2, -0.15) is 0 Å². The quantitative estimate of drug-likeness (QED) is 0.411. The fourth-order valence-electron chi connectivity index (χ4n) is 4.20. The number of hydrogen-bond acceptors (Lipinski definition) is 7. The molecular formula is C25H22N6OS. The molecule has 0 saturated carbocycles. The molecule has 5 aromatic heterocycles. The van der Waals surface area contributed by atoms with Crippen LogP contribution < -0.4 is 4.90 Å². The van der Waals surface area contributed by atoms with Crippen LogP contribution in [0.2, 0.25) is 0 Å². The van der Waals surface area contributed by atoms with E-state index < -0.39 is 0 Å². The molecule has 0 aliphatic carbocycles. The van der Waals surface area contributed by atoms with Crippen LogP contribution in [0.15, 0.2) is 54.3 Å². The molecule has 6 rings (SSSR count). The Balaban J connectivity index is 1.55. The van der Waals surface area contributed by atoms with Gasteiger partial charge in [0.05, 0.1) is 35.2 Å². The number of H-pyrrole nitrogens is 1. The van der Waals surface area contributed by atoms with Gasteiger partial charge in [-0.3, -0.25) is 4.98 Å². The lowest BCUT2D eigenvalue weighted by atomic mass is 10.1. The number of ether oxygens (including phenoxy) is 1. The summed E-state index contributed by atoms with van der Waals surface area (Å²) in [6, 6.07) is 10.2. The third-order valence-corrected chi connectivity index (χ3v) is 6.87. The van der Waals surface area contributed by atoms with Crippen molar-refractivity contribution in [1.82, 2.24) is 24.9 Å². The van der Waals surface area contributed by atoms with Crippen molar-refractivity contribution >= 4 is 50.6 Å². The van der Waals surface area contributed by atoms with E-state index in [0.717, 1.165) is 50.4 Å². The zero-order valence-electron chi connectivity index (χ0n) is 18.1. The zero-order valence-corrected chi connectivity index (χ0v) is 18.9. The maximum Gasteiger partial charge on any atom is 0.163 e. The number of nitrogens with zero attached hydrogens (tertiary/aromatic N) is 5. The van der Waals surface area contributed by atoms with Crippen molar-refractivity contribution in [2.75, 3.05) is 24.7 Å². The number of rotatable bonds is 4. The summed E-state index contributed by atoms with van der Waals surface area (Å²) < 4.78 is 6.78. The number of morpholine rings is 1. The molecule has 1 saturated heterocycles. The molecule has 1 N–H and O–H groups in total. The summed E-state index contributed by atoms with van der Waals surface area (Å²) in [5.74, 6) is 1.67. The summed E-state index contributed by atoms with van der Waals surface area (Å²) in [5.41, 5.74) is 4.72. The van der Waals surface area contributed by atoms with E-state index in [2.05, 4.69) is 38.2 Å². The fourth-order valence-corrected chi connectivity index (χ4v) is 5.18. The van der Waals surface area contributed by atoms with Crippen molar-refractivity contribution in [2.45, 2.75) is 13.0 Å². The van der Waals surface area contributed by atoms with Crippen molar-refractivity contribution in [3.63, 3.8) is 0 Å². The molecule has 8 heteroatoms. The Hall–Kier alpha value is -3.62. The van der Waals surface area contributed by atoms with Crippen molar-refractivity contribution in [3.05, 3.63) is 65.6 Å². The Labute approximate surface area is 194 Å². The van der Waals surface area contributed by atoms with Gasteiger partial charge < -0.3 is 14.6 Å². The summed E-state index contributed by atoms with van der Waals surface area (Å²) in [6.45, 7) is 4.37. The Morgan fingerprint density at radius 3 is 2.97 bits per heavy atom. The molecule has 0 bridgehead atoms. The summed E-state index contributed by atoms with van der Waals surface area (Å²) >= 11 is 1.68. The smallest absolute Gasteiger partial charge is 0.163 e. The largest absolute Gasteiger partial charge is 0.377 e. The minimum absolute atomic E-state index is 0.240. The van der Waals surface area contributed by atoms with Crippen LogP contribution in [0.3, 0.4) is 0 Å². The average molecular weight is 455 g/mol. The van der Waals surface area contributed by atoms with E-state index in [1.165, 1.54) is 0 Å². The molecule has 1 fully saturated rings. The molecular weight excluding hydrogens is 432 g/mol. The van der Waals surface area contributed by atoms with Gasteiger partial charge in [-0.25, -0.2) is 15.0 Å². The van der Waals surface area contributed by atoms with Gasteiger partial charge in [-0.1, -0.05) is 6.07 Å². The molecule has 0 spiro atoms. The maximum absolute atomic E-state index is 5.69. The molecule has 1 aliphatic rings. The lowest BCUT2D eigenvalue weighted by Crippen LogP contribution is -2.44. The second-order valence-electron chi connectivity index (χ2n) is 8.04.